The number of halogens is 2. The van der Waals surface area contributed by atoms with Gasteiger partial charge in [-0.2, -0.15) is 5.10 Å². The molecule has 2 aromatic rings. The number of hydrogen-bond donors (Lipinski definition) is 0. The Bertz CT molecular complexity index is 719. The van der Waals surface area contributed by atoms with E-state index in [1.54, 1.807) is 12.3 Å². The van der Waals surface area contributed by atoms with Gasteiger partial charge in [0.15, 0.2) is 0 Å². The van der Waals surface area contributed by atoms with Crippen molar-refractivity contribution in [1.29, 1.82) is 0 Å². The molecule has 0 N–H and O–H groups in total. The Morgan fingerprint density at radius 3 is 2.88 bits per heavy atom. The van der Waals surface area contributed by atoms with E-state index in [1.807, 2.05) is 16.9 Å². The molecule has 24 heavy (non-hydrogen) atoms. The molecular weight excluding hydrogens is 327 g/mol. The second kappa shape index (κ2) is 6.47. The van der Waals surface area contributed by atoms with Crippen LogP contribution in [0.4, 0.5) is 4.39 Å². The minimum absolute atomic E-state index is 0.144. The summed E-state index contributed by atoms with van der Waals surface area (Å²) in [6, 6.07) is 7.40. The van der Waals surface area contributed by atoms with E-state index in [0.29, 0.717) is 22.9 Å². The fourth-order valence-corrected chi connectivity index (χ4v) is 4.59. The summed E-state index contributed by atoms with van der Waals surface area (Å²) in [5, 5.41) is 4.92. The van der Waals surface area contributed by atoms with Crippen LogP contribution in [0.5, 0.6) is 0 Å². The van der Waals surface area contributed by atoms with Crippen LogP contribution < -0.4 is 0 Å². The van der Waals surface area contributed by atoms with Crippen molar-refractivity contribution in [2.24, 2.45) is 11.8 Å². The fourth-order valence-electron chi connectivity index (χ4n) is 4.43. The van der Waals surface area contributed by atoms with Crippen molar-refractivity contribution >= 4 is 11.6 Å². The van der Waals surface area contributed by atoms with E-state index in [9.17, 15) is 4.39 Å². The van der Waals surface area contributed by atoms with Gasteiger partial charge in [-0.15, -0.1) is 0 Å². The summed E-state index contributed by atoms with van der Waals surface area (Å²) >= 11 is 5.92. The average Bonchev–Trinajstić information content (AvgIpc) is 3.19. The quantitative estimate of drug-likeness (QED) is 0.849. The molecule has 0 unspecified atom stereocenters. The first-order chi connectivity index (χ1) is 11.6. The summed E-state index contributed by atoms with van der Waals surface area (Å²) in [6.07, 6.45) is 3.54. The Morgan fingerprint density at radius 1 is 1.25 bits per heavy atom. The van der Waals surface area contributed by atoms with Crippen LogP contribution in [0.15, 0.2) is 36.7 Å². The van der Waals surface area contributed by atoms with Crippen LogP contribution in [0.1, 0.15) is 11.6 Å². The minimum atomic E-state index is -0.144. The topological polar surface area (TPSA) is 24.3 Å². The van der Waals surface area contributed by atoms with Gasteiger partial charge in [-0.3, -0.25) is 9.58 Å². The molecule has 4 nitrogen and oxygen atoms in total. The van der Waals surface area contributed by atoms with Crippen LogP contribution in [0.3, 0.4) is 0 Å². The number of hydrogen-bond acceptors (Lipinski definition) is 3. The molecule has 0 radical (unpaired) electrons. The first kappa shape index (κ1) is 16.1. The molecular formula is C18H22ClFN4. The maximum absolute atomic E-state index is 13.6. The van der Waals surface area contributed by atoms with E-state index in [0.717, 1.165) is 38.3 Å². The standard InChI is InChI=1S/C18H22ClFN4/c1-22-9-14-10-23(5-6-24-11-15(19)8-21-24)12-17(14)18(22)13-3-2-4-16(20)7-13/h2-4,7-8,11,14,17-18H,5-6,9-10,12H2,1H3/t14-,17+,18-/m0/s1. The highest BCUT2D eigenvalue weighted by molar-refractivity contribution is 6.30. The van der Waals surface area contributed by atoms with Gasteiger partial charge in [-0.05, 0) is 36.6 Å². The third kappa shape index (κ3) is 3.08. The van der Waals surface area contributed by atoms with Gasteiger partial charge in [0.2, 0.25) is 0 Å². The highest BCUT2D eigenvalue weighted by Gasteiger charge is 2.45. The predicted molar refractivity (Wildman–Crippen MR) is 92.4 cm³/mol. The van der Waals surface area contributed by atoms with Gasteiger partial charge >= 0.3 is 0 Å². The number of benzene rings is 1. The molecule has 1 aromatic carbocycles. The molecule has 4 rings (SSSR count). The van der Waals surface area contributed by atoms with E-state index in [1.165, 1.54) is 6.07 Å². The highest BCUT2D eigenvalue weighted by atomic mass is 35.5. The lowest BCUT2D eigenvalue weighted by Crippen LogP contribution is -2.31. The van der Waals surface area contributed by atoms with Crippen LogP contribution in [-0.4, -0.2) is 52.8 Å². The SMILES string of the molecule is CN1C[C@H]2CN(CCn3cc(Cl)cn3)C[C@H]2[C@@H]1c1cccc(F)c1. The maximum atomic E-state index is 13.6. The Hall–Kier alpha value is -1.43. The summed E-state index contributed by atoms with van der Waals surface area (Å²) in [7, 11) is 2.16. The Labute approximate surface area is 146 Å². The van der Waals surface area contributed by atoms with Crippen LogP contribution >= 0.6 is 11.6 Å². The largest absolute Gasteiger partial charge is 0.301 e. The van der Waals surface area contributed by atoms with E-state index < -0.39 is 0 Å². The molecule has 0 saturated carbocycles. The molecule has 2 saturated heterocycles. The number of rotatable bonds is 4. The summed E-state index contributed by atoms with van der Waals surface area (Å²) in [4.78, 5) is 4.89. The second-order valence-electron chi connectivity index (χ2n) is 7.04. The van der Waals surface area contributed by atoms with Crippen LogP contribution in [0.2, 0.25) is 5.02 Å². The minimum Gasteiger partial charge on any atom is -0.301 e. The zero-order chi connectivity index (χ0) is 16.7. The Morgan fingerprint density at radius 2 is 2.12 bits per heavy atom. The molecule has 0 amide bonds. The molecule has 3 heterocycles. The fraction of sp³-hybridized carbons (Fsp3) is 0.500. The van der Waals surface area contributed by atoms with Crippen molar-refractivity contribution in [3.05, 3.63) is 53.1 Å². The molecule has 2 aliphatic rings. The normalized spacial score (nSPS) is 27.7. The van der Waals surface area contributed by atoms with Crippen LogP contribution in [-0.2, 0) is 6.54 Å². The summed E-state index contributed by atoms with van der Waals surface area (Å²) < 4.78 is 15.5. The van der Waals surface area contributed by atoms with Crippen LogP contribution in [0.25, 0.3) is 0 Å². The molecule has 2 fully saturated rings. The Kier molecular flexibility index (Phi) is 4.33. The summed E-state index contributed by atoms with van der Waals surface area (Å²) in [5.74, 6) is 1.08. The lowest BCUT2D eigenvalue weighted by Gasteiger charge is -2.26. The molecule has 0 spiro atoms. The van der Waals surface area contributed by atoms with Gasteiger partial charge in [-0.1, -0.05) is 23.7 Å². The molecule has 0 aliphatic carbocycles. The molecule has 3 atom stereocenters. The average molecular weight is 349 g/mol. The maximum Gasteiger partial charge on any atom is 0.123 e. The first-order valence-electron chi connectivity index (χ1n) is 8.46. The molecule has 2 aliphatic heterocycles. The van der Waals surface area contributed by atoms with Crippen LogP contribution in [0, 0.1) is 17.7 Å². The van der Waals surface area contributed by atoms with E-state index >= 15 is 0 Å². The van der Waals surface area contributed by atoms with Gasteiger partial charge in [0.1, 0.15) is 5.82 Å². The zero-order valence-corrected chi connectivity index (χ0v) is 14.5. The van der Waals surface area contributed by atoms with Crippen molar-refractivity contribution in [2.75, 3.05) is 33.2 Å². The monoisotopic (exact) mass is 348 g/mol. The number of likely N-dealkylation sites (tertiary alicyclic amines) is 2. The number of nitrogens with zero attached hydrogens (tertiary/aromatic N) is 4. The third-order valence-electron chi connectivity index (χ3n) is 5.41. The lowest BCUT2D eigenvalue weighted by atomic mass is 9.89. The number of fused-ring (bicyclic) bond motifs is 1. The molecule has 0 bridgehead atoms. The first-order valence-corrected chi connectivity index (χ1v) is 8.84. The second-order valence-corrected chi connectivity index (χ2v) is 7.48. The van der Waals surface area contributed by atoms with Gasteiger partial charge in [0, 0.05) is 38.4 Å². The lowest BCUT2D eigenvalue weighted by molar-refractivity contribution is 0.222. The van der Waals surface area contributed by atoms with Crippen molar-refractivity contribution in [3.8, 4) is 0 Å². The predicted octanol–water partition coefficient (Wildman–Crippen LogP) is 2.91. The van der Waals surface area contributed by atoms with Gasteiger partial charge < -0.3 is 4.90 Å². The third-order valence-corrected chi connectivity index (χ3v) is 5.60. The number of aromatic nitrogens is 2. The van der Waals surface area contributed by atoms with Crippen molar-refractivity contribution in [3.63, 3.8) is 0 Å². The summed E-state index contributed by atoms with van der Waals surface area (Å²) in [5.41, 5.74) is 1.10. The van der Waals surface area contributed by atoms with Gasteiger partial charge in [0.25, 0.3) is 0 Å². The van der Waals surface area contributed by atoms with Gasteiger partial charge in [-0.25, -0.2) is 4.39 Å². The van der Waals surface area contributed by atoms with E-state index in [-0.39, 0.29) is 5.82 Å². The van der Waals surface area contributed by atoms with Crippen molar-refractivity contribution in [2.45, 2.75) is 12.6 Å². The van der Waals surface area contributed by atoms with Gasteiger partial charge in [0.05, 0.1) is 17.8 Å². The van der Waals surface area contributed by atoms with E-state index in [2.05, 4.69) is 28.0 Å². The van der Waals surface area contributed by atoms with Crippen molar-refractivity contribution in [1.82, 2.24) is 19.6 Å². The smallest absolute Gasteiger partial charge is 0.123 e. The highest BCUT2D eigenvalue weighted by Crippen LogP contribution is 2.43. The van der Waals surface area contributed by atoms with Crippen molar-refractivity contribution < 1.29 is 4.39 Å². The van der Waals surface area contributed by atoms with E-state index in [4.69, 9.17) is 11.6 Å². The summed E-state index contributed by atoms with van der Waals surface area (Å²) in [6.45, 7) is 5.08. The zero-order valence-electron chi connectivity index (χ0n) is 13.8. The molecule has 1 aromatic heterocycles. The Balaban J connectivity index is 1.43. The molecule has 128 valence electrons. The molecule has 6 heteroatoms.